The molecular weight excluding hydrogens is 311 g/mol. The van der Waals surface area contributed by atoms with Gasteiger partial charge in [0.15, 0.2) is 0 Å². The zero-order valence-corrected chi connectivity index (χ0v) is 13.1. The Bertz CT molecular complexity index is 437. The van der Waals surface area contributed by atoms with Crippen LogP contribution < -0.4 is 10.6 Å². The average molecular weight is 331 g/mol. The second kappa shape index (κ2) is 7.60. The molecule has 0 heterocycles. The highest BCUT2D eigenvalue weighted by Gasteiger charge is 2.09. The molecule has 1 amide bonds. The largest absolute Gasteiger partial charge is 0.354 e. The molecule has 0 radical (unpaired) electrons. The minimum absolute atomic E-state index is 0.0370. The Kier molecular flexibility index (Phi) is 6.45. The van der Waals surface area contributed by atoms with Crippen molar-refractivity contribution < 1.29 is 9.18 Å². The van der Waals surface area contributed by atoms with Gasteiger partial charge >= 0.3 is 0 Å². The first-order valence-corrected chi connectivity index (χ1v) is 7.17. The summed E-state index contributed by atoms with van der Waals surface area (Å²) in [7, 11) is 0. The second-order valence-corrected chi connectivity index (χ2v) is 5.68. The van der Waals surface area contributed by atoms with Crippen molar-refractivity contribution in [1.82, 2.24) is 10.6 Å². The molecule has 1 atom stereocenters. The standard InChI is InChI=1S/C14H20BrFN2O/c1-9(2)18-14(19)6-7-17-10(3)11-4-5-13(16)12(15)8-11/h4-5,8-10,17H,6-7H2,1-3H3,(H,18,19). The summed E-state index contributed by atoms with van der Waals surface area (Å²) in [6, 6.07) is 5.16. The number of benzene rings is 1. The van der Waals surface area contributed by atoms with Gasteiger partial charge < -0.3 is 10.6 Å². The molecular formula is C14H20BrFN2O. The van der Waals surface area contributed by atoms with Crippen LogP contribution in [-0.2, 0) is 4.79 Å². The van der Waals surface area contributed by atoms with E-state index in [1.165, 1.54) is 6.07 Å². The van der Waals surface area contributed by atoms with Gasteiger partial charge in [-0.2, -0.15) is 0 Å². The fourth-order valence-corrected chi connectivity index (χ4v) is 2.09. The van der Waals surface area contributed by atoms with E-state index in [4.69, 9.17) is 0 Å². The number of hydrogen-bond acceptors (Lipinski definition) is 2. The number of halogens is 2. The van der Waals surface area contributed by atoms with Gasteiger partial charge in [-0.3, -0.25) is 4.79 Å². The van der Waals surface area contributed by atoms with Crippen molar-refractivity contribution in [3.05, 3.63) is 34.1 Å². The fourth-order valence-electron chi connectivity index (χ4n) is 1.70. The Hall–Kier alpha value is -0.940. The number of hydrogen-bond donors (Lipinski definition) is 2. The molecule has 0 aromatic heterocycles. The molecule has 0 fully saturated rings. The van der Waals surface area contributed by atoms with E-state index in [0.717, 1.165) is 5.56 Å². The Morgan fingerprint density at radius 3 is 2.63 bits per heavy atom. The summed E-state index contributed by atoms with van der Waals surface area (Å²) in [6.07, 6.45) is 0.435. The molecule has 3 nitrogen and oxygen atoms in total. The lowest BCUT2D eigenvalue weighted by Crippen LogP contribution is -2.33. The molecule has 0 spiro atoms. The van der Waals surface area contributed by atoms with Crippen LogP contribution in [0.4, 0.5) is 4.39 Å². The minimum atomic E-state index is -0.271. The van der Waals surface area contributed by atoms with Gasteiger partial charge in [-0.25, -0.2) is 4.39 Å². The van der Waals surface area contributed by atoms with E-state index >= 15 is 0 Å². The summed E-state index contributed by atoms with van der Waals surface area (Å²) in [6.45, 7) is 6.45. The molecule has 0 aliphatic heterocycles. The number of carbonyl (C=O) groups is 1. The first-order valence-electron chi connectivity index (χ1n) is 6.38. The third-order valence-electron chi connectivity index (χ3n) is 2.70. The van der Waals surface area contributed by atoms with Gasteiger partial charge in [-0.05, 0) is 54.4 Å². The normalized spacial score (nSPS) is 12.5. The van der Waals surface area contributed by atoms with Gasteiger partial charge in [0.25, 0.3) is 0 Å². The lowest BCUT2D eigenvalue weighted by atomic mass is 10.1. The molecule has 0 saturated heterocycles. The molecule has 1 aromatic carbocycles. The molecule has 0 saturated carbocycles. The average Bonchev–Trinajstić information content (AvgIpc) is 2.31. The maximum Gasteiger partial charge on any atom is 0.221 e. The lowest BCUT2D eigenvalue weighted by molar-refractivity contribution is -0.121. The van der Waals surface area contributed by atoms with E-state index in [9.17, 15) is 9.18 Å². The van der Waals surface area contributed by atoms with Gasteiger partial charge in [0.05, 0.1) is 4.47 Å². The SMILES string of the molecule is CC(C)NC(=O)CCNC(C)c1ccc(F)c(Br)c1. The van der Waals surface area contributed by atoms with Gasteiger partial charge in [-0.15, -0.1) is 0 Å². The third kappa shape index (κ3) is 5.70. The molecule has 2 N–H and O–H groups in total. The molecule has 0 aliphatic rings. The van der Waals surface area contributed by atoms with Crippen LogP contribution in [0.15, 0.2) is 22.7 Å². The summed E-state index contributed by atoms with van der Waals surface area (Å²) >= 11 is 3.17. The van der Waals surface area contributed by atoms with Crippen LogP contribution in [-0.4, -0.2) is 18.5 Å². The van der Waals surface area contributed by atoms with E-state index in [0.29, 0.717) is 17.4 Å². The number of amides is 1. The van der Waals surface area contributed by atoms with Gasteiger partial charge in [0, 0.05) is 25.0 Å². The molecule has 106 valence electrons. The van der Waals surface area contributed by atoms with Gasteiger partial charge in [-0.1, -0.05) is 6.07 Å². The molecule has 1 rings (SSSR count). The zero-order valence-electron chi connectivity index (χ0n) is 11.5. The van der Waals surface area contributed by atoms with Gasteiger partial charge in [0.2, 0.25) is 5.91 Å². The monoisotopic (exact) mass is 330 g/mol. The van der Waals surface area contributed by atoms with Crippen LogP contribution in [0.3, 0.4) is 0 Å². The summed E-state index contributed by atoms with van der Waals surface area (Å²) in [5.41, 5.74) is 0.984. The van der Waals surface area contributed by atoms with E-state index in [1.807, 2.05) is 20.8 Å². The van der Waals surface area contributed by atoms with Crippen molar-refractivity contribution in [2.24, 2.45) is 0 Å². The van der Waals surface area contributed by atoms with E-state index in [2.05, 4.69) is 26.6 Å². The first kappa shape index (κ1) is 16.1. The van der Waals surface area contributed by atoms with Crippen molar-refractivity contribution in [1.29, 1.82) is 0 Å². The fraction of sp³-hybridized carbons (Fsp3) is 0.500. The highest BCUT2D eigenvalue weighted by molar-refractivity contribution is 9.10. The Morgan fingerprint density at radius 2 is 2.05 bits per heavy atom. The smallest absolute Gasteiger partial charge is 0.221 e. The summed E-state index contributed by atoms with van der Waals surface area (Å²) in [5, 5.41) is 6.08. The van der Waals surface area contributed by atoms with Crippen LogP contribution in [0.2, 0.25) is 0 Å². The van der Waals surface area contributed by atoms with Crippen molar-refractivity contribution >= 4 is 21.8 Å². The Balaban J connectivity index is 2.40. The van der Waals surface area contributed by atoms with E-state index in [-0.39, 0.29) is 23.8 Å². The first-order chi connectivity index (χ1) is 8.90. The van der Waals surface area contributed by atoms with Crippen molar-refractivity contribution in [3.63, 3.8) is 0 Å². The maximum atomic E-state index is 13.1. The maximum absolute atomic E-state index is 13.1. The Labute approximate surface area is 122 Å². The molecule has 0 bridgehead atoms. The second-order valence-electron chi connectivity index (χ2n) is 4.82. The van der Waals surface area contributed by atoms with Crippen molar-refractivity contribution in [2.75, 3.05) is 6.54 Å². The van der Waals surface area contributed by atoms with E-state index < -0.39 is 0 Å². The number of carbonyl (C=O) groups excluding carboxylic acids is 1. The third-order valence-corrected chi connectivity index (χ3v) is 3.30. The zero-order chi connectivity index (χ0) is 14.4. The lowest BCUT2D eigenvalue weighted by Gasteiger charge is -2.15. The van der Waals surface area contributed by atoms with Crippen LogP contribution in [0, 0.1) is 5.82 Å². The van der Waals surface area contributed by atoms with Crippen LogP contribution in [0.25, 0.3) is 0 Å². The topological polar surface area (TPSA) is 41.1 Å². The molecule has 5 heteroatoms. The highest BCUT2D eigenvalue weighted by atomic mass is 79.9. The molecule has 1 aromatic rings. The summed E-state index contributed by atoms with van der Waals surface area (Å²) < 4.78 is 13.6. The van der Waals surface area contributed by atoms with Crippen LogP contribution in [0.1, 0.15) is 38.8 Å². The number of rotatable bonds is 6. The predicted molar refractivity (Wildman–Crippen MR) is 78.4 cm³/mol. The Morgan fingerprint density at radius 1 is 1.37 bits per heavy atom. The number of nitrogens with one attached hydrogen (secondary N) is 2. The summed E-state index contributed by atoms with van der Waals surface area (Å²) in [4.78, 5) is 11.5. The van der Waals surface area contributed by atoms with E-state index in [1.54, 1.807) is 12.1 Å². The molecule has 1 unspecified atom stereocenters. The predicted octanol–water partition coefficient (Wildman–Crippen LogP) is 3.15. The molecule has 19 heavy (non-hydrogen) atoms. The van der Waals surface area contributed by atoms with Crippen LogP contribution >= 0.6 is 15.9 Å². The van der Waals surface area contributed by atoms with Crippen molar-refractivity contribution in [2.45, 2.75) is 39.3 Å². The quantitative estimate of drug-likeness (QED) is 0.841. The highest BCUT2D eigenvalue weighted by Crippen LogP contribution is 2.21. The van der Waals surface area contributed by atoms with Crippen LogP contribution in [0.5, 0.6) is 0 Å². The molecule has 0 aliphatic carbocycles. The minimum Gasteiger partial charge on any atom is -0.354 e. The van der Waals surface area contributed by atoms with Gasteiger partial charge in [0.1, 0.15) is 5.82 Å². The van der Waals surface area contributed by atoms with Crippen molar-refractivity contribution in [3.8, 4) is 0 Å². The summed E-state index contributed by atoms with van der Waals surface area (Å²) in [5.74, 6) is -0.234.